The van der Waals surface area contributed by atoms with E-state index in [4.69, 9.17) is 9.68 Å². The van der Waals surface area contributed by atoms with Crippen molar-refractivity contribution in [2.24, 2.45) is 0 Å². The van der Waals surface area contributed by atoms with E-state index in [2.05, 4.69) is 32.7 Å². The Balaban J connectivity index is 1.82. The van der Waals surface area contributed by atoms with Gasteiger partial charge in [0.1, 0.15) is 11.8 Å². The van der Waals surface area contributed by atoms with Gasteiger partial charge in [-0.3, -0.25) is 0 Å². The molecule has 1 N–H and O–H groups in total. The normalized spacial score (nSPS) is 10.2. The molecule has 0 unspecified atom stereocenters. The molecule has 2 rings (SSSR count). The Morgan fingerprint density at radius 3 is 2.94 bits per heavy atom. The fourth-order valence-electron chi connectivity index (χ4n) is 1.29. The van der Waals surface area contributed by atoms with Crippen LogP contribution in [0.1, 0.15) is 16.4 Å². The van der Waals surface area contributed by atoms with Gasteiger partial charge in [-0.25, -0.2) is 0 Å². The molecule has 0 spiro atoms. The molecule has 16 heavy (non-hydrogen) atoms. The standard InChI is InChI=1S/C11H9BrN2OS/c12-8-3-11(16-7-8)6-14-5-10-2-1-9(4-13)15-10/h1-3,7,14H,5-6H2. The maximum absolute atomic E-state index is 8.59. The molecule has 0 amide bonds. The summed E-state index contributed by atoms with van der Waals surface area (Å²) in [5.74, 6) is 1.14. The molecule has 0 radical (unpaired) electrons. The summed E-state index contributed by atoms with van der Waals surface area (Å²) in [4.78, 5) is 1.26. The Labute approximate surface area is 106 Å². The van der Waals surface area contributed by atoms with Gasteiger partial charge in [0.2, 0.25) is 5.76 Å². The van der Waals surface area contributed by atoms with Crippen molar-refractivity contribution in [1.29, 1.82) is 5.26 Å². The Morgan fingerprint density at radius 2 is 2.31 bits per heavy atom. The smallest absolute Gasteiger partial charge is 0.203 e. The van der Waals surface area contributed by atoms with Crippen LogP contribution in [0.5, 0.6) is 0 Å². The molecule has 2 aromatic heterocycles. The predicted molar refractivity (Wildman–Crippen MR) is 66.0 cm³/mol. The van der Waals surface area contributed by atoms with Gasteiger partial charge in [0.05, 0.1) is 6.54 Å². The largest absolute Gasteiger partial charge is 0.449 e. The number of nitrogens with zero attached hydrogens (tertiary/aromatic N) is 1. The fourth-order valence-corrected chi connectivity index (χ4v) is 2.71. The van der Waals surface area contributed by atoms with E-state index in [1.54, 1.807) is 17.4 Å². The number of hydrogen-bond acceptors (Lipinski definition) is 4. The lowest BCUT2D eigenvalue weighted by Crippen LogP contribution is -2.10. The molecule has 0 bridgehead atoms. The van der Waals surface area contributed by atoms with E-state index in [1.807, 2.05) is 12.1 Å². The SMILES string of the molecule is N#Cc1ccc(CNCc2cc(Br)cs2)o1. The van der Waals surface area contributed by atoms with Crippen LogP contribution in [0, 0.1) is 11.3 Å². The van der Waals surface area contributed by atoms with Crippen LogP contribution in [-0.2, 0) is 13.1 Å². The molecule has 0 aliphatic rings. The second kappa shape index (κ2) is 5.30. The lowest BCUT2D eigenvalue weighted by atomic mass is 10.4. The highest BCUT2D eigenvalue weighted by Crippen LogP contribution is 2.19. The molecule has 5 heteroatoms. The van der Waals surface area contributed by atoms with E-state index in [0.717, 1.165) is 16.8 Å². The summed E-state index contributed by atoms with van der Waals surface area (Å²) in [6.07, 6.45) is 0. The second-order valence-electron chi connectivity index (χ2n) is 3.21. The Morgan fingerprint density at radius 1 is 1.44 bits per heavy atom. The van der Waals surface area contributed by atoms with Crippen LogP contribution in [0.15, 0.2) is 32.5 Å². The number of furan rings is 1. The number of halogens is 1. The summed E-state index contributed by atoms with van der Waals surface area (Å²) in [6, 6.07) is 7.54. The van der Waals surface area contributed by atoms with Gasteiger partial charge in [-0.05, 0) is 34.1 Å². The summed E-state index contributed by atoms with van der Waals surface area (Å²) >= 11 is 5.11. The zero-order valence-electron chi connectivity index (χ0n) is 8.37. The van der Waals surface area contributed by atoms with E-state index in [1.165, 1.54) is 4.88 Å². The number of nitriles is 1. The Bertz CT molecular complexity index is 512. The zero-order valence-corrected chi connectivity index (χ0v) is 10.8. The third-order valence-electron chi connectivity index (χ3n) is 1.99. The number of nitrogens with one attached hydrogen (secondary N) is 1. The average Bonchev–Trinajstić information content (AvgIpc) is 2.88. The second-order valence-corrected chi connectivity index (χ2v) is 5.12. The molecule has 3 nitrogen and oxygen atoms in total. The van der Waals surface area contributed by atoms with Crippen LogP contribution in [0.25, 0.3) is 0 Å². The van der Waals surface area contributed by atoms with Crippen molar-refractivity contribution in [3.8, 4) is 6.07 Å². The quantitative estimate of drug-likeness (QED) is 0.942. The minimum atomic E-state index is 0.357. The van der Waals surface area contributed by atoms with E-state index in [0.29, 0.717) is 12.3 Å². The molecule has 0 saturated carbocycles. The number of hydrogen-bond donors (Lipinski definition) is 1. The summed E-state index contributed by atoms with van der Waals surface area (Å²) in [6.45, 7) is 1.44. The lowest BCUT2D eigenvalue weighted by molar-refractivity contribution is 0.474. The van der Waals surface area contributed by atoms with E-state index >= 15 is 0 Å². The van der Waals surface area contributed by atoms with Gasteiger partial charge in [0.15, 0.2) is 0 Å². The first-order chi connectivity index (χ1) is 7.78. The summed E-state index contributed by atoms with van der Waals surface area (Å²) in [7, 11) is 0. The van der Waals surface area contributed by atoms with Gasteiger partial charge in [-0.2, -0.15) is 5.26 Å². The van der Waals surface area contributed by atoms with Crippen LogP contribution in [0.4, 0.5) is 0 Å². The fraction of sp³-hybridized carbons (Fsp3) is 0.182. The molecular formula is C11H9BrN2OS. The predicted octanol–water partition coefficient (Wildman–Crippen LogP) is 3.27. The minimum Gasteiger partial charge on any atom is -0.449 e. The molecule has 0 saturated heterocycles. The highest BCUT2D eigenvalue weighted by Gasteiger charge is 2.01. The van der Waals surface area contributed by atoms with Crippen LogP contribution in [0.2, 0.25) is 0 Å². The molecule has 0 aromatic carbocycles. The van der Waals surface area contributed by atoms with Crippen molar-refractivity contribution in [3.63, 3.8) is 0 Å². The number of thiophene rings is 1. The third-order valence-corrected chi connectivity index (χ3v) is 3.69. The zero-order chi connectivity index (χ0) is 11.4. The maximum Gasteiger partial charge on any atom is 0.203 e. The van der Waals surface area contributed by atoms with Gasteiger partial charge in [0.25, 0.3) is 0 Å². The first-order valence-corrected chi connectivity index (χ1v) is 6.37. The minimum absolute atomic E-state index is 0.357. The topological polar surface area (TPSA) is 49.0 Å². The molecule has 82 valence electrons. The molecule has 0 aliphatic carbocycles. The monoisotopic (exact) mass is 296 g/mol. The molecule has 0 fully saturated rings. The number of rotatable bonds is 4. The van der Waals surface area contributed by atoms with Gasteiger partial charge >= 0.3 is 0 Å². The van der Waals surface area contributed by atoms with Crippen molar-refractivity contribution >= 4 is 27.3 Å². The van der Waals surface area contributed by atoms with Crippen molar-refractivity contribution < 1.29 is 4.42 Å². The highest BCUT2D eigenvalue weighted by atomic mass is 79.9. The van der Waals surface area contributed by atoms with Gasteiger partial charge < -0.3 is 9.73 Å². The summed E-state index contributed by atoms with van der Waals surface area (Å²) in [5, 5.41) is 13.9. The van der Waals surface area contributed by atoms with E-state index < -0.39 is 0 Å². The van der Waals surface area contributed by atoms with Crippen LogP contribution in [0.3, 0.4) is 0 Å². The molecule has 0 atom stereocenters. The first-order valence-electron chi connectivity index (χ1n) is 4.70. The van der Waals surface area contributed by atoms with Crippen LogP contribution in [-0.4, -0.2) is 0 Å². The van der Waals surface area contributed by atoms with Crippen molar-refractivity contribution in [2.45, 2.75) is 13.1 Å². The van der Waals surface area contributed by atoms with E-state index in [9.17, 15) is 0 Å². The lowest BCUT2D eigenvalue weighted by Gasteiger charge is -1.99. The summed E-state index contributed by atoms with van der Waals surface area (Å²) < 4.78 is 6.36. The molecule has 0 aliphatic heterocycles. The Hall–Kier alpha value is -1.09. The first kappa shape index (κ1) is 11.4. The molecular weight excluding hydrogens is 288 g/mol. The van der Waals surface area contributed by atoms with E-state index in [-0.39, 0.29) is 0 Å². The maximum atomic E-state index is 8.59. The van der Waals surface area contributed by atoms with Gasteiger partial charge in [0, 0.05) is 21.3 Å². The Kier molecular flexibility index (Phi) is 3.78. The van der Waals surface area contributed by atoms with Crippen molar-refractivity contribution in [2.75, 3.05) is 0 Å². The third kappa shape index (κ3) is 2.95. The van der Waals surface area contributed by atoms with Crippen LogP contribution < -0.4 is 5.32 Å². The van der Waals surface area contributed by atoms with Crippen molar-refractivity contribution in [3.05, 3.63) is 44.4 Å². The highest BCUT2D eigenvalue weighted by molar-refractivity contribution is 9.10. The van der Waals surface area contributed by atoms with Crippen molar-refractivity contribution in [1.82, 2.24) is 5.32 Å². The molecule has 2 aromatic rings. The van der Waals surface area contributed by atoms with Gasteiger partial charge in [-0.1, -0.05) is 0 Å². The average molecular weight is 297 g/mol. The molecule has 2 heterocycles. The van der Waals surface area contributed by atoms with Gasteiger partial charge in [-0.15, -0.1) is 11.3 Å². The summed E-state index contributed by atoms with van der Waals surface area (Å²) in [5.41, 5.74) is 0. The van der Waals surface area contributed by atoms with Crippen LogP contribution >= 0.6 is 27.3 Å².